The molecule has 1 saturated heterocycles. The first kappa shape index (κ1) is 12.7. The van der Waals surface area contributed by atoms with Crippen LogP contribution in [0.4, 0.5) is 0 Å². The van der Waals surface area contributed by atoms with E-state index in [1.165, 1.54) is 42.3 Å². The molecule has 1 aromatic carbocycles. The predicted octanol–water partition coefficient (Wildman–Crippen LogP) is 2.87. The van der Waals surface area contributed by atoms with Crippen molar-refractivity contribution in [2.24, 2.45) is 5.73 Å². The minimum atomic E-state index is 0.674. The van der Waals surface area contributed by atoms with Crippen LogP contribution in [0.2, 0.25) is 0 Å². The van der Waals surface area contributed by atoms with E-state index in [9.17, 15) is 0 Å². The van der Waals surface area contributed by atoms with E-state index in [1.807, 2.05) is 0 Å². The van der Waals surface area contributed by atoms with Gasteiger partial charge in [0.1, 0.15) is 0 Å². The lowest BCUT2D eigenvalue weighted by Gasteiger charge is -2.35. The molecule has 1 unspecified atom stereocenters. The Hall–Kier alpha value is -1.32. The highest BCUT2D eigenvalue weighted by molar-refractivity contribution is 5.82. The predicted molar refractivity (Wildman–Crippen MR) is 80.0 cm³/mol. The summed E-state index contributed by atoms with van der Waals surface area (Å²) in [6, 6.07) is 9.23. The van der Waals surface area contributed by atoms with Gasteiger partial charge in [0.15, 0.2) is 0 Å². The first-order chi connectivity index (χ1) is 9.38. The number of hydrogen-bond acceptors (Lipinski definition) is 2. The van der Waals surface area contributed by atoms with Crippen molar-refractivity contribution in [3.05, 3.63) is 36.0 Å². The Bertz CT molecular complexity index is 530. The summed E-state index contributed by atoms with van der Waals surface area (Å²) in [5, 5.41) is 1.36. The molecular weight excluding hydrogens is 234 g/mol. The lowest BCUT2D eigenvalue weighted by Crippen LogP contribution is -2.40. The Kier molecular flexibility index (Phi) is 3.85. The number of para-hydroxylation sites is 1. The summed E-state index contributed by atoms with van der Waals surface area (Å²) in [6.07, 6.45) is 7.28. The Balaban J connectivity index is 1.79. The summed E-state index contributed by atoms with van der Waals surface area (Å²) in [5.41, 5.74) is 8.41. The summed E-state index contributed by atoms with van der Waals surface area (Å²) in [7, 11) is 0. The summed E-state index contributed by atoms with van der Waals surface area (Å²) in [5.74, 6) is 0. The van der Waals surface area contributed by atoms with E-state index >= 15 is 0 Å². The van der Waals surface area contributed by atoms with Gasteiger partial charge < -0.3 is 10.7 Å². The fourth-order valence-electron chi connectivity index (χ4n) is 3.27. The van der Waals surface area contributed by atoms with Crippen LogP contribution < -0.4 is 5.73 Å². The molecule has 2 aromatic rings. The normalized spacial score (nSPS) is 21.0. The molecule has 1 aliphatic heterocycles. The van der Waals surface area contributed by atoms with Gasteiger partial charge in [-0.25, -0.2) is 0 Å². The van der Waals surface area contributed by atoms with E-state index in [1.54, 1.807) is 0 Å². The summed E-state index contributed by atoms with van der Waals surface area (Å²) >= 11 is 0. The minimum Gasteiger partial charge on any atom is -0.361 e. The van der Waals surface area contributed by atoms with Crippen molar-refractivity contribution >= 4 is 10.9 Å². The van der Waals surface area contributed by atoms with Crippen molar-refractivity contribution < 1.29 is 0 Å². The Morgan fingerprint density at radius 2 is 2.16 bits per heavy atom. The Labute approximate surface area is 114 Å². The number of likely N-dealkylation sites (tertiary alicyclic amines) is 1. The first-order valence-electron chi connectivity index (χ1n) is 7.37. The number of benzene rings is 1. The van der Waals surface area contributed by atoms with Crippen molar-refractivity contribution in [2.75, 3.05) is 13.1 Å². The maximum atomic E-state index is 5.75. The van der Waals surface area contributed by atoms with Crippen LogP contribution in [0.1, 0.15) is 31.2 Å². The number of rotatable bonds is 4. The second-order valence-corrected chi connectivity index (χ2v) is 5.56. The quantitative estimate of drug-likeness (QED) is 0.884. The van der Waals surface area contributed by atoms with Gasteiger partial charge >= 0.3 is 0 Å². The number of aromatic amines is 1. The Morgan fingerprint density at radius 1 is 1.26 bits per heavy atom. The van der Waals surface area contributed by atoms with Crippen molar-refractivity contribution in [2.45, 2.75) is 38.3 Å². The molecule has 1 fully saturated rings. The largest absolute Gasteiger partial charge is 0.361 e. The number of nitrogens with one attached hydrogen (secondary N) is 1. The molecule has 1 atom stereocenters. The average molecular weight is 257 g/mol. The van der Waals surface area contributed by atoms with Gasteiger partial charge in [0.25, 0.3) is 0 Å². The lowest BCUT2D eigenvalue weighted by atomic mass is 9.98. The number of piperidine rings is 1. The van der Waals surface area contributed by atoms with Crippen LogP contribution in [0.5, 0.6) is 0 Å². The number of H-pyrrole nitrogens is 1. The van der Waals surface area contributed by atoms with Gasteiger partial charge in [0, 0.05) is 29.7 Å². The highest BCUT2D eigenvalue weighted by Gasteiger charge is 2.22. The molecule has 0 spiro atoms. The zero-order valence-corrected chi connectivity index (χ0v) is 11.4. The molecule has 1 aromatic heterocycles. The SMILES string of the molecule is NCCC1CCCCN1Cc1c[nH]c2ccccc12. The molecule has 0 saturated carbocycles. The molecule has 0 radical (unpaired) electrons. The molecule has 0 amide bonds. The third-order valence-electron chi connectivity index (χ3n) is 4.30. The fourth-order valence-corrected chi connectivity index (χ4v) is 3.27. The van der Waals surface area contributed by atoms with Crippen molar-refractivity contribution in [3.63, 3.8) is 0 Å². The minimum absolute atomic E-state index is 0.674. The van der Waals surface area contributed by atoms with Crippen LogP contribution in [-0.2, 0) is 6.54 Å². The average Bonchev–Trinajstić information content (AvgIpc) is 2.85. The van der Waals surface area contributed by atoms with Crippen molar-refractivity contribution in [1.29, 1.82) is 0 Å². The fraction of sp³-hybridized carbons (Fsp3) is 0.500. The number of hydrogen-bond donors (Lipinski definition) is 2. The third kappa shape index (κ3) is 2.67. The van der Waals surface area contributed by atoms with E-state index in [0.717, 1.165) is 19.5 Å². The molecule has 0 aliphatic carbocycles. The van der Waals surface area contributed by atoms with Gasteiger partial charge in [-0.2, -0.15) is 0 Å². The van der Waals surface area contributed by atoms with E-state index in [-0.39, 0.29) is 0 Å². The second-order valence-electron chi connectivity index (χ2n) is 5.56. The maximum Gasteiger partial charge on any atom is 0.0457 e. The van der Waals surface area contributed by atoms with Crippen molar-refractivity contribution in [3.8, 4) is 0 Å². The van der Waals surface area contributed by atoms with Gasteiger partial charge in [-0.3, -0.25) is 4.90 Å². The second kappa shape index (κ2) is 5.76. The Morgan fingerprint density at radius 3 is 3.05 bits per heavy atom. The molecule has 1 aliphatic rings. The summed E-state index contributed by atoms with van der Waals surface area (Å²) < 4.78 is 0. The molecule has 3 rings (SSSR count). The van der Waals surface area contributed by atoms with Gasteiger partial charge in [-0.15, -0.1) is 0 Å². The molecule has 0 bridgehead atoms. The van der Waals surface area contributed by atoms with E-state index in [0.29, 0.717) is 6.04 Å². The number of nitrogens with two attached hydrogens (primary N) is 1. The first-order valence-corrected chi connectivity index (χ1v) is 7.37. The topological polar surface area (TPSA) is 45.0 Å². The van der Waals surface area contributed by atoms with Crippen LogP contribution in [-0.4, -0.2) is 29.0 Å². The lowest BCUT2D eigenvalue weighted by molar-refractivity contribution is 0.134. The monoisotopic (exact) mass is 257 g/mol. The van der Waals surface area contributed by atoms with Crippen molar-refractivity contribution in [1.82, 2.24) is 9.88 Å². The van der Waals surface area contributed by atoms with Crippen LogP contribution in [0, 0.1) is 0 Å². The van der Waals surface area contributed by atoms with Gasteiger partial charge in [0.2, 0.25) is 0 Å². The van der Waals surface area contributed by atoms with E-state index < -0.39 is 0 Å². The molecule has 3 heteroatoms. The van der Waals surface area contributed by atoms with E-state index in [2.05, 4.69) is 40.3 Å². The third-order valence-corrected chi connectivity index (χ3v) is 4.30. The maximum absolute atomic E-state index is 5.75. The van der Waals surface area contributed by atoms with Gasteiger partial charge in [-0.05, 0) is 44.0 Å². The molecule has 19 heavy (non-hydrogen) atoms. The molecule has 3 N–H and O–H groups in total. The number of fused-ring (bicyclic) bond motifs is 1. The smallest absolute Gasteiger partial charge is 0.0457 e. The number of nitrogens with zero attached hydrogens (tertiary/aromatic N) is 1. The molecular formula is C16H23N3. The number of aromatic nitrogens is 1. The molecule has 102 valence electrons. The molecule has 2 heterocycles. The molecule has 3 nitrogen and oxygen atoms in total. The van der Waals surface area contributed by atoms with Crippen LogP contribution in [0.15, 0.2) is 30.5 Å². The van der Waals surface area contributed by atoms with E-state index in [4.69, 9.17) is 5.73 Å². The highest BCUT2D eigenvalue weighted by atomic mass is 15.2. The standard InChI is InChI=1S/C16H23N3/c17-9-8-14-5-3-4-10-19(14)12-13-11-18-16-7-2-1-6-15(13)16/h1-2,6-7,11,14,18H,3-5,8-10,12,17H2. The van der Waals surface area contributed by atoms with Crippen LogP contribution in [0.3, 0.4) is 0 Å². The zero-order chi connectivity index (χ0) is 13.1. The van der Waals surface area contributed by atoms with Gasteiger partial charge in [0.05, 0.1) is 0 Å². The summed E-state index contributed by atoms with van der Waals surface area (Å²) in [6.45, 7) is 3.06. The van der Waals surface area contributed by atoms with Gasteiger partial charge in [-0.1, -0.05) is 24.6 Å². The summed E-state index contributed by atoms with van der Waals surface area (Å²) in [4.78, 5) is 5.99. The van der Waals surface area contributed by atoms with Crippen LogP contribution >= 0.6 is 0 Å². The zero-order valence-electron chi connectivity index (χ0n) is 11.4. The van der Waals surface area contributed by atoms with Crippen LogP contribution in [0.25, 0.3) is 10.9 Å². The highest BCUT2D eigenvalue weighted by Crippen LogP contribution is 2.25.